The molecule has 0 aliphatic heterocycles. The van der Waals surface area contributed by atoms with Gasteiger partial charge in [0.2, 0.25) is 0 Å². The van der Waals surface area contributed by atoms with Crippen LogP contribution in [0.2, 0.25) is 0 Å². The molecule has 0 radical (unpaired) electrons. The van der Waals surface area contributed by atoms with Crippen molar-refractivity contribution in [3.05, 3.63) is 15.3 Å². The molecule has 0 heterocycles. The third kappa shape index (κ3) is 390. The summed E-state index contributed by atoms with van der Waals surface area (Å²) < 4.78 is 0. The number of nitrogens with zero attached hydrogens (tertiary/aromatic N) is 1. The summed E-state index contributed by atoms with van der Waals surface area (Å²) >= 11 is 0. The van der Waals surface area contributed by atoms with Gasteiger partial charge in [-0.15, -0.1) is 6.61 Å². The third-order valence-electron chi connectivity index (χ3n) is 0.333. The maximum atomic E-state index is 9.63. The average Bonchev–Trinajstić information content (AvgIpc) is 1.65. The Balaban J connectivity index is -0.0000000383. The summed E-state index contributed by atoms with van der Waals surface area (Å²) in [4.78, 5) is 8.25. The van der Waals surface area contributed by atoms with Crippen LogP contribution in [0.3, 0.4) is 0 Å². The fraction of sp³-hybridized carbons (Fsp3) is 1.00. The van der Waals surface area contributed by atoms with Gasteiger partial charge < -0.3 is 32.7 Å². The summed E-state index contributed by atoms with van der Waals surface area (Å²) in [6.07, 6.45) is 0. The summed E-state index contributed by atoms with van der Waals surface area (Å²) in [5.41, 5.74) is 0. The smallest absolute Gasteiger partial charge is 0.0689 e. The van der Waals surface area contributed by atoms with Gasteiger partial charge in [0.15, 0.2) is 0 Å². The average molecular weight is 171 g/mol. The lowest BCUT2D eigenvalue weighted by Gasteiger charge is -2.03. The topological polar surface area (TPSA) is 162 Å². The van der Waals surface area contributed by atoms with E-state index in [0.717, 1.165) is 0 Å². The van der Waals surface area contributed by atoms with E-state index < -0.39 is 5.09 Å². The minimum absolute atomic E-state index is 0. The molecule has 11 heavy (non-hydrogen) atoms. The molecule has 0 amide bonds. The molecule has 0 rings (SSSR count). The molecule has 7 heteroatoms. The van der Waals surface area contributed by atoms with Crippen molar-refractivity contribution in [2.45, 2.75) is 13.8 Å². The van der Waals surface area contributed by atoms with Crippen molar-refractivity contribution in [3.8, 4) is 0 Å². The Hall–Kier alpha value is -0.920. The van der Waals surface area contributed by atoms with E-state index in [1.807, 2.05) is 13.8 Å². The second kappa shape index (κ2) is 16.0. The first-order chi connectivity index (χ1) is 4.00. The largest absolute Gasteiger partial charge is 0.854 e. The van der Waals surface area contributed by atoms with E-state index in [-0.39, 0.29) is 18.9 Å². The molecule has 0 spiro atoms. The minimum atomic E-state index is -1.75. The van der Waals surface area contributed by atoms with Crippen molar-refractivity contribution in [1.29, 1.82) is 0 Å². The van der Waals surface area contributed by atoms with Crippen LogP contribution in [-0.4, -0.2) is 11.7 Å². The zero-order valence-corrected chi connectivity index (χ0v) is 7.36. The van der Waals surface area contributed by atoms with E-state index in [4.69, 9.17) is 15.3 Å². The van der Waals surface area contributed by atoms with Crippen LogP contribution < -0.4 is 17.4 Å². The Labute approximate surface area is 65.3 Å². The quantitative estimate of drug-likeness (QED) is 0.434. The maximum absolute atomic E-state index is 9.63. The molecule has 0 saturated heterocycles. The third-order valence-corrected chi connectivity index (χ3v) is 0.333. The molecule has 8 N–H and O–H groups in total. The monoisotopic (exact) mass is 171 g/mol. The number of hydrogen-bond acceptors (Lipinski definition) is 4. The molecule has 0 unspecified atom stereocenters. The lowest BCUT2D eigenvalue weighted by molar-refractivity contribution is -0.402. The van der Waals surface area contributed by atoms with Crippen LogP contribution in [0.15, 0.2) is 0 Å². The van der Waals surface area contributed by atoms with Crippen molar-refractivity contribution >= 4 is 0 Å². The number of hydrogen-bond donors (Lipinski definition) is 2. The molecule has 0 fully saturated rings. The van der Waals surface area contributed by atoms with E-state index in [9.17, 15) is 5.11 Å². The first kappa shape index (κ1) is 22.5. The van der Waals surface area contributed by atoms with Crippen molar-refractivity contribution in [2.24, 2.45) is 5.92 Å². The van der Waals surface area contributed by atoms with Gasteiger partial charge in [-0.25, -0.2) is 0 Å². The van der Waals surface area contributed by atoms with Crippen LogP contribution in [0.5, 0.6) is 0 Å². The Morgan fingerprint density at radius 3 is 1.36 bits per heavy atom. The molecular formula is C4H17N3O4. The molecule has 0 aliphatic rings. The normalized spacial score (nSPS) is 6.55. The highest BCUT2D eigenvalue weighted by Crippen LogP contribution is 1.80. The van der Waals surface area contributed by atoms with E-state index in [2.05, 4.69) is 0 Å². The van der Waals surface area contributed by atoms with E-state index in [0.29, 0.717) is 5.92 Å². The van der Waals surface area contributed by atoms with Gasteiger partial charge in [-0.3, -0.25) is 0 Å². The van der Waals surface area contributed by atoms with Crippen molar-refractivity contribution < 1.29 is 10.2 Å². The van der Waals surface area contributed by atoms with Crippen LogP contribution in [0.25, 0.3) is 0 Å². The lowest BCUT2D eigenvalue weighted by atomic mass is 10.2. The van der Waals surface area contributed by atoms with Crippen molar-refractivity contribution in [3.63, 3.8) is 0 Å². The van der Waals surface area contributed by atoms with Crippen LogP contribution >= 0.6 is 0 Å². The summed E-state index contributed by atoms with van der Waals surface area (Å²) in [6, 6.07) is 0. The summed E-state index contributed by atoms with van der Waals surface area (Å²) in [7, 11) is 0. The number of quaternary nitrogens is 2. The van der Waals surface area contributed by atoms with Crippen LogP contribution in [-0.2, 0) is 0 Å². The molecule has 0 aromatic carbocycles. The highest BCUT2D eigenvalue weighted by atomic mass is 16.9. The van der Waals surface area contributed by atoms with Crippen LogP contribution in [0.1, 0.15) is 13.8 Å². The van der Waals surface area contributed by atoms with E-state index in [1.165, 1.54) is 0 Å². The van der Waals surface area contributed by atoms with Gasteiger partial charge in [0, 0.05) is 0 Å². The van der Waals surface area contributed by atoms with Crippen LogP contribution in [0.4, 0.5) is 0 Å². The van der Waals surface area contributed by atoms with Crippen molar-refractivity contribution in [1.82, 2.24) is 12.3 Å². The molecule has 0 aromatic rings. The second-order valence-electron chi connectivity index (χ2n) is 1.78. The van der Waals surface area contributed by atoms with Crippen LogP contribution in [0, 0.1) is 21.2 Å². The standard InChI is InChI=1S/C4H9O.NO3.2H3N/c1-4(2)3-5;2-1(3)4;;/h4H,3H2,1-2H3;;2*1H3/q2*-1;;/p+2. The van der Waals surface area contributed by atoms with Gasteiger partial charge in [-0.2, -0.15) is 0 Å². The summed E-state index contributed by atoms with van der Waals surface area (Å²) in [5, 5.41) is 24.4. The first-order valence-corrected chi connectivity index (χ1v) is 2.40. The first-order valence-electron chi connectivity index (χ1n) is 2.40. The Bertz CT molecular complexity index is 73.7. The van der Waals surface area contributed by atoms with Gasteiger partial charge in [0.05, 0.1) is 5.09 Å². The second-order valence-corrected chi connectivity index (χ2v) is 1.78. The Morgan fingerprint density at radius 2 is 1.36 bits per heavy atom. The minimum Gasteiger partial charge on any atom is -0.854 e. The molecule has 0 bridgehead atoms. The highest BCUT2D eigenvalue weighted by molar-refractivity contribution is 4.30. The Morgan fingerprint density at radius 1 is 1.27 bits per heavy atom. The fourth-order valence-corrected chi connectivity index (χ4v) is 0. The molecule has 72 valence electrons. The lowest BCUT2D eigenvalue weighted by Crippen LogP contribution is -2.11. The fourth-order valence-electron chi connectivity index (χ4n) is 0. The van der Waals surface area contributed by atoms with E-state index in [1.54, 1.807) is 0 Å². The van der Waals surface area contributed by atoms with Gasteiger partial charge in [0.1, 0.15) is 0 Å². The molecule has 7 nitrogen and oxygen atoms in total. The predicted molar refractivity (Wildman–Crippen MR) is 42.0 cm³/mol. The van der Waals surface area contributed by atoms with Gasteiger partial charge in [0.25, 0.3) is 0 Å². The van der Waals surface area contributed by atoms with E-state index >= 15 is 0 Å². The van der Waals surface area contributed by atoms with Gasteiger partial charge in [-0.05, 0) is 0 Å². The summed E-state index contributed by atoms with van der Waals surface area (Å²) in [5.74, 6) is 0.329. The zero-order chi connectivity index (χ0) is 7.86. The predicted octanol–water partition coefficient (Wildman–Crippen LogP) is 0.516. The zero-order valence-electron chi connectivity index (χ0n) is 7.36. The Kier molecular flexibility index (Phi) is 32.8. The van der Waals surface area contributed by atoms with Gasteiger partial charge >= 0.3 is 0 Å². The SMILES string of the molecule is CC(C)C[O-].O=[N+]([O-])[O-].[NH4+].[NH4+]. The summed E-state index contributed by atoms with van der Waals surface area (Å²) in [6.45, 7) is 3.88. The molecular weight excluding hydrogens is 154 g/mol. The molecule has 0 aromatic heterocycles. The number of rotatable bonds is 1. The highest BCUT2D eigenvalue weighted by Gasteiger charge is 1.73. The van der Waals surface area contributed by atoms with Crippen molar-refractivity contribution in [2.75, 3.05) is 6.61 Å². The maximum Gasteiger partial charge on any atom is 0.0689 e. The molecule has 0 saturated carbocycles. The van der Waals surface area contributed by atoms with Gasteiger partial charge in [-0.1, -0.05) is 19.8 Å². The molecule has 0 atom stereocenters. The molecule has 0 aliphatic carbocycles.